The van der Waals surface area contributed by atoms with Crippen molar-refractivity contribution >= 4 is 0 Å². The van der Waals surface area contributed by atoms with E-state index in [0.717, 1.165) is 45.3 Å². The van der Waals surface area contributed by atoms with E-state index in [-0.39, 0.29) is 11.2 Å². The summed E-state index contributed by atoms with van der Waals surface area (Å²) < 4.78 is 18.1. The van der Waals surface area contributed by atoms with E-state index in [4.69, 9.17) is 14.2 Å². The summed E-state index contributed by atoms with van der Waals surface area (Å²) in [6, 6.07) is 10.3. The van der Waals surface area contributed by atoms with Crippen LogP contribution >= 0.6 is 0 Å². The Labute approximate surface area is 127 Å². The Bertz CT molecular complexity index is 439. The Balaban J connectivity index is 1.55. The van der Waals surface area contributed by atoms with Crippen LogP contribution < -0.4 is 0 Å². The summed E-state index contributed by atoms with van der Waals surface area (Å²) in [6.45, 7) is 5.19. The molecule has 0 aliphatic carbocycles. The fourth-order valence-electron chi connectivity index (χ4n) is 3.50. The minimum absolute atomic E-state index is 0.0373. The number of benzene rings is 1. The SMILES string of the molecule is CCC1(COCc2ccccc2)CCC2(CCCOC2)O1. The molecule has 0 aromatic heterocycles. The Morgan fingerprint density at radius 2 is 2.00 bits per heavy atom. The molecule has 3 rings (SSSR count). The van der Waals surface area contributed by atoms with Crippen LogP contribution in [0.2, 0.25) is 0 Å². The van der Waals surface area contributed by atoms with E-state index >= 15 is 0 Å². The molecule has 2 unspecified atom stereocenters. The quantitative estimate of drug-likeness (QED) is 0.827. The van der Waals surface area contributed by atoms with Crippen molar-refractivity contribution in [3.63, 3.8) is 0 Å². The van der Waals surface area contributed by atoms with E-state index in [1.807, 2.05) is 6.07 Å². The zero-order valence-corrected chi connectivity index (χ0v) is 13.0. The lowest BCUT2D eigenvalue weighted by molar-refractivity contribution is -0.177. The van der Waals surface area contributed by atoms with E-state index in [1.165, 1.54) is 5.56 Å². The Morgan fingerprint density at radius 3 is 2.71 bits per heavy atom. The van der Waals surface area contributed by atoms with Crippen molar-refractivity contribution in [3.8, 4) is 0 Å². The van der Waals surface area contributed by atoms with Crippen LogP contribution in [0.25, 0.3) is 0 Å². The molecular weight excluding hydrogens is 264 g/mol. The van der Waals surface area contributed by atoms with Gasteiger partial charge in [-0.2, -0.15) is 0 Å². The first kappa shape index (κ1) is 15.0. The minimum Gasteiger partial charge on any atom is -0.378 e. The van der Waals surface area contributed by atoms with Crippen molar-refractivity contribution in [2.75, 3.05) is 19.8 Å². The van der Waals surface area contributed by atoms with E-state index in [2.05, 4.69) is 31.2 Å². The number of rotatable bonds is 5. The molecule has 2 fully saturated rings. The lowest BCUT2D eigenvalue weighted by Crippen LogP contribution is -2.43. The zero-order valence-electron chi connectivity index (χ0n) is 13.0. The highest BCUT2D eigenvalue weighted by molar-refractivity contribution is 5.13. The number of ether oxygens (including phenoxy) is 3. The Morgan fingerprint density at radius 1 is 1.14 bits per heavy atom. The summed E-state index contributed by atoms with van der Waals surface area (Å²) in [5.41, 5.74) is 1.07. The van der Waals surface area contributed by atoms with Gasteiger partial charge in [0.2, 0.25) is 0 Å². The lowest BCUT2D eigenvalue weighted by atomic mass is 9.91. The van der Waals surface area contributed by atoms with Gasteiger partial charge in [0.15, 0.2) is 0 Å². The van der Waals surface area contributed by atoms with Gasteiger partial charge in [0, 0.05) is 6.61 Å². The van der Waals surface area contributed by atoms with Crippen molar-refractivity contribution < 1.29 is 14.2 Å². The summed E-state index contributed by atoms with van der Waals surface area (Å²) in [6.07, 6.45) is 5.44. The molecule has 0 radical (unpaired) electrons. The lowest BCUT2D eigenvalue weighted by Gasteiger charge is -2.37. The molecule has 2 aliphatic rings. The summed E-state index contributed by atoms with van der Waals surface area (Å²) in [5.74, 6) is 0. The minimum atomic E-state index is -0.116. The van der Waals surface area contributed by atoms with Gasteiger partial charge in [0.05, 0.1) is 31.0 Å². The van der Waals surface area contributed by atoms with Gasteiger partial charge < -0.3 is 14.2 Å². The molecule has 0 amide bonds. The van der Waals surface area contributed by atoms with Gasteiger partial charge in [-0.3, -0.25) is 0 Å². The van der Waals surface area contributed by atoms with E-state index in [1.54, 1.807) is 0 Å². The van der Waals surface area contributed by atoms with Gasteiger partial charge in [-0.1, -0.05) is 37.3 Å². The molecule has 1 aromatic carbocycles. The summed E-state index contributed by atoms with van der Waals surface area (Å²) >= 11 is 0. The van der Waals surface area contributed by atoms with Crippen LogP contribution in [0.1, 0.15) is 44.6 Å². The molecule has 1 aromatic rings. The summed E-state index contributed by atoms with van der Waals surface area (Å²) in [4.78, 5) is 0. The van der Waals surface area contributed by atoms with Crippen LogP contribution in [0, 0.1) is 0 Å². The molecule has 3 heteroatoms. The predicted octanol–water partition coefficient (Wildman–Crippen LogP) is 3.71. The van der Waals surface area contributed by atoms with Gasteiger partial charge in [-0.25, -0.2) is 0 Å². The molecular formula is C18H26O3. The van der Waals surface area contributed by atoms with Crippen LogP contribution in [0.15, 0.2) is 30.3 Å². The molecule has 1 spiro atoms. The molecule has 2 heterocycles. The van der Waals surface area contributed by atoms with Gasteiger partial charge in [0.1, 0.15) is 0 Å². The maximum Gasteiger partial charge on any atom is 0.0925 e. The second-order valence-corrected chi connectivity index (χ2v) is 6.46. The third kappa shape index (κ3) is 3.47. The third-order valence-electron chi connectivity index (χ3n) is 4.88. The van der Waals surface area contributed by atoms with Crippen LogP contribution in [-0.4, -0.2) is 31.0 Å². The molecule has 3 nitrogen and oxygen atoms in total. The second-order valence-electron chi connectivity index (χ2n) is 6.46. The van der Waals surface area contributed by atoms with E-state index in [9.17, 15) is 0 Å². The van der Waals surface area contributed by atoms with E-state index in [0.29, 0.717) is 13.2 Å². The maximum absolute atomic E-state index is 6.51. The molecule has 2 saturated heterocycles. The molecule has 0 N–H and O–H groups in total. The molecule has 0 bridgehead atoms. The largest absolute Gasteiger partial charge is 0.378 e. The standard InChI is InChI=1S/C18H26O3/c1-2-17(14-20-13-16-7-4-3-5-8-16)10-11-18(21-17)9-6-12-19-15-18/h3-5,7-8H,2,6,9-15H2,1H3. The first-order chi connectivity index (χ1) is 10.3. The highest BCUT2D eigenvalue weighted by Gasteiger charge is 2.49. The molecule has 2 atom stereocenters. The number of hydrogen-bond acceptors (Lipinski definition) is 3. The Hall–Kier alpha value is -0.900. The Kier molecular flexibility index (Phi) is 4.63. The van der Waals surface area contributed by atoms with E-state index < -0.39 is 0 Å². The average molecular weight is 290 g/mol. The third-order valence-corrected chi connectivity index (χ3v) is 4.88. The smallest absolute Gasteiger partial charge is 0.0925 e. The molecule has 116 valence electrons. The monoisotopic (exact) mass is 290 g/mol. The van der Waals surface area contributed by atoms with Crippen molar-refractivity contribution in [1.29, 1.82) is 0 Å². The van der Waals surface area contributed by atoms with Gasteiger partial charge in [-0.05, 0) is 37.7 Å². The molecule has 21 heavy (non-hydrogen) atoms. The average Bonchev–Trinajstić information content (AvgIpc) is 2.88. The fourth-order valence-corrected chi connectivity index (χ4v) is 3.50. The maximum atomic E-state index is 6.51. The van der Waals surface area contributed by atoms with Crippen LogP contribution in [-0.2, 0) is 20.8 Å². The topological polar surface area (TPSA) is 27.7 Å². The highest BCUT2D eigenvalue weighted by atomic mass is 16.6. The van der Waals surface area contributed by atoms with Gasteiger partial charge in [-0.15, -0.1) is 0 Å². The van der Waals surface area contributed by atoms with Crippen molar-refractivity contribution in [2.24, 2.45) is 0 Å². The van der Waals surface area contributed by atoms with Crippen LogP contribution in [0.5, 0.6) is 0 Å². The second kappa shape index (κ2) is 6.47. The normalized spacial score (nSPS) is 32.6. The van der Waals surface area contributed by atoms with Crippen molar-refractivity contribution in [3.05, 3.63) is 35.9 Å². The van der Waals surface area contributed by atoms with Crippen LogP contribution in [0.4, 0.5) is 0 Å². The van der Waals surface area contributed by atoms with Crippen LogP contribution in [0.3, 0.4) is 0 Å². The van der Waals surface area contributed by atoms with Crippen molar-refractivity contribution in [1.82, 2.24) is 0 Å². The van der Waals surface area contributed by atoms with Gasteiger partial charge in [0.25, 0.3) is 0 Å². The summed E-state index contributed by atoms with van der Waals surface area (Å²) in [7, 11) is 0. The first-order valence-corrected chi connectivity index (χ1v) is 8.16. The highest BCUT2D eigenvalue weighted by Crippen LogP contribution is 2.44. The zero-order chi connectivity index (χ0) is 14.6. The van der Waals surface area contributed by atoms with Gasteiger partial charge >= 0.3 is 0 Å². The first-order valence-electron chi connectivity index (χ1n) is 8.16. The molecule has 0 saturated carbocycles. The summed E-state index contributed by atoms with van der Waals surface area (Å²) in [5, 5.41) is 0. The molecule has 2 aliphatic heterocycles. The number of hydrogen-bond donors (Lipinski definition) is 0. The van der Waals surface area contributed by atoms with Crippen molar-refractivity contribution in [2.45, 2.75) is 56.8 Å². The fraction of sp³-hybridized carbons (Fsp3) is 0.667. The predicted molar refractivity (Wildman–Crippen MR) is 82.2 cm³/mol.